The van der Waals surface area contributed by atoms with E-state index in [1.807, 2.05) is 0 Å². The smallest absolute Gasteiger partial charge is 0.254 e. The first-order valence-electron chi connectivity index (χ1n) is 7.21. The van der Waals surface area contributed by atoms with E-state index in [0.29, 0.717) is 5.56 Å². The van der Waals surface area contributed by atoms with Gasteiger partial charge in [-0.05, 0) is 37.3 Å². The number of benzene rings is 2. The second kappa shape index (κ2) is 8.01. The Morgan fingerprint density at radius 3 is 2.33 bits per heavy atom. The summed E-state index contributed by atoms with van der Waals surface area (Å²) >= 11 is 3.28. The highest BCUT2D eigenvalue weighted by Crippen LogP contribution is 2.18. The van der Waals surface area contributed by atoms with Crippen LogP contribution in [0.3, 0.4) is 0 Å². The quantitative estimate of drug-likeness (QED) is 0.834. The number of carbonyl (C=O) groups is 2. The average molecular weight is 397 g/mol. The number of hydrogen-bond acceptors (Lipinski definition) is 2. The SMILES string of the molecule is CCN(CC(=O)Nc1c(F)cccc1F)C(=O)c1cccc(Br)c1. The number of nitrogens with one attached hydrogen (secondary N) is 1. The third-order valence-electron chi connectivity index (χ3n) is 3.30. The van der Waals surface area contributed by atoms with Gasteiger partial charge in [0.15, 0.2) is 0 Å². The molecule has 0 aliphatic heterocycles. The minimum absolute atomic E-state index is 0.276. The summed E-state index contributed by atoms with van der Waals surface area (Å²) < 4.78 is 27.9. The maximum Gasteiger partial charge on any atom is 0.254 e. The molecule has 7 heteroatoms. The number of nitrogens with zero attached hydrogens (tertiary/aromatic N) is 1. The Kier molecular flexibility index (Phi) is 6.03. The van der Waals surface area contributed by atoms with Crippen molar-refractivity contribution in [2.24, 2.45) is 0 Å². The van der Waals surface area contributed by atoms with Crippen LogP contribution in [0.1, 0.15) is 17.3 Å². The molecule has 2 aromatic rings. The monoisotopic (exact) mass is 396 g/mol. The van der Waals surface area contributed by atoms with Crippen LogP contribution in [0.25, 0.3) is 0 Å². The molecule has 0 radical (unpaired) electrons. The van der Waals surface area contributed by atoms with Crippen LogP contribution in [0.2, 0.25) is 0 Å². The van der Waals surface area contributed by atoms with E-state index in [4.69, 9.17) is 0 Å². The number of rotatable bonds is 5. The lowest BCUT2D eigenvalue weighted by Gasteiger charge is -2.20. The number of likely N-dealkylation sites (N-methyl/N-ethyl adjacent to an activating group) is 1. The van der Waals surface area contributed by atoms with Crippen LogP contribution in [0.4, 0.5) is 14.5 Å². The van der Waals surface area contributed by atoms with Gasteiger partial charge in [0, 0.05) is 16.6 Å². The predicted octanol–water partition coefficient (Wildman–Crippen LogP) is 3.83. The molecule has 0 aromatic heterocycles. The van der Waals surface area contributed by atoms with Crippen LogP contribution in [0, 0.1) is 11.6 Å². The van der Waals surface area contributed by atoms with Crippen molar-refractivity contribution < 1.29 is 18.4 Å². The van der Waals surface area contributed by atoms with Crippen molar-refractivity contribution in [2.75, 3.05) is 18.4 Å². The Bertz CT molecular complexity index is 748. The minimum Gasteiger partial charge on any atom is -0.330 e. The highest BCUT2D eigenvalue weighted by molar-refractivity contribution is 9.10. The molecule has 0 saturated heterocycles. The highest BCUT2D eigenvalue weighted by atomic mass is 79.9. The first-order chi connectivity index (χ1) is 11.4. The van der Waals surface area contributed by atoms with Crippen LogP contribution in [-0.4, -0.2) is 29.8 Å². The fourth-order valence-electron chi connectivity index (χ4n) is 2.10. The van der Waals surface area contributed by atoms with Gasteiger partial charge in [0.1, 0.15) is 23.9 Å². The largest absolute Gasteiger partial charge is 0.330 e. The molecular formula is C17H15BrF2N2O2. The fourth-order valence-corrected chi connectivity index (χ4v) is 2.50. The molecule has 0 bridgehead atoms. The number of carbonyl (C=O) groups excluding carboxylic acids is 2. The normalized spacial score (nSPS) is 10.3. The van der Waals surface area contributed by atoms with Gasteiger partial charge >= 0.3 is 0 Å². The summed E-state index contributed by atoms with van der Waals surface area (Å²) in [7, 11) is 0. The Hall–Kier alpha value is -2.28. The summed E-state index contributed by atoms with van der Waals surface area (Å²) in [6.45, 7) is 1.68. The molecule has 0 aliphatic carbocycles. The average Bonchev–Trinajstić information content (AvgIpc) is 2.55. The van der Waals surface area contributed by atoms with Gasteiger partial charge in [-0.1, -0.05) is 28.1 Å². The Morgan fingerprint density at radius 2 is 1.75 bits per heavy atom. The standard InChI is InChI=1S/C17H15BrF2N2O2/c1-2-22(17(24)11-5-3-6-12(18)9-11)10-15(23)21-16-13(19)7-4-8-14(16)20/h3-9H,2,10H2,1H3,(H,21,23). The maximum atomic E-state index is 13.6. The van der Waals surface area contributed by atoms with Gasteiger partial charge in [0.25, 0.3) is 5.91 Å². The second-order valence-corrected chi connectivity index (χ2v) is 5.89. The van der Waals surface area contributed by atoms with Gasteiger partial charge < -0.3 is 10.2 Å². The molecule has 2 amide bonds. The minimum atomic E-state index is -0.871. The summed E-state index contributed by atoms with van der Waals surface area (Å²) in [6.07, 6.45) is 0. The van der Waals surface area contributed by atoms with Crippen molar-refractivity contribution in [1.82, 2.24) is 4.90 Å². The molecule has 126 valence electrons. The Labute approximate surface area is 146 Å². The molecular weight excluding hydrogens is 382 g/mol. The summed E-state index contributed by atoms with van der Waals surface area (Å²) in [5, 5.41) is 2.17. The third kappa shape index (κ3) is 4.38. The van der Waals surface area contributed by atoms with Crippen LogP contribution in [0.5, 0.6) is 0 Å². The summed E-state index contributed by atoms with van der Waals surface area (Å²) in [5.74, 6) is -2.76. The first-order valence-corrected chi connectivity index (χ1v) is 8.00. The van der Waals surface area contributed by atoms with Crippen molar-refractivity contribution in [1.29, 1.82) is 0 Å². The molecule has 0 saturated carbocycles. The van der Waals surface area contributed by atoms with E-state index in [1.54, 1.807) is 31.2 Å². The van der Waals surface area contributed by atoms with Crippen LogP contribution < -0.4 is 5.32 Å². The summed E-state index contributed by atoms with van der Waals surface area (Å²) in [4.78, 5) is 25.8. The van der Waals surface area contributed by atoms with Crippen molar-refractivity contribution in [3.05, 3.63) is 64.1 Å². The molecule has 1 N–H and O–H groups in total. The van der Waals surface area contributed by atoms with Gasteiger partial charge in [-0.2, -0.15) is 0 Å². The maximum absolute atomic E-state index is 13.6. The summed E-state index contributed by atoms with van der Waals surface area (Å²) in [5.41, 5.74) is -0.107. The van der Waals surface area contributed by atoms with Gasteiger partial charge in [0.2, 0.25) is 5.91 Å². The van der Waals surface area contributed by atoms with Crippen molar-refractivity contribution in [3.8, 4) is 0 Å². The van der Waals surface area contributed by atoms with Crippen LogP contribution in [-0.2, 0) is 4.79 Å². The predicted molar refractivity (Wildman–Crippen MR) is 90.7 cm³/mol. The topological polar surface area (TPSA) is 49.4 Å². The zero-order chi connectivity index (χ0) is 17.7. The molecule has 0 heterocycles. The van der Waals surface area contributed by atoms with Gasteiger partial charge in [-0.15, -0.1) is 0 Å². The lowest BCUT2D eigenvalue weighted by Crippen LogP contribution is -2.38. The Morgan fingerprint density at radius 1 is 1.12 bits per heavy atom. The zero-order valence-corrected chi connectivity index (χ0v) is 14.4. The number of para-hydroxylation sites is 1. The lowest BCUT2D eigenvalue weighted by atomic mass is 10.2. The molecule has 2 rings (SSSR count). The Balaban J connectivity index is 2.09. The van der Waals surface area contributed by atoms with Crippen LogP contribution >= 0.6 is 15.9 Å². The molecule has 0 aliphatic rings. The van der Waals surface area contributed by atoms with E-state index in [0.717, 1.165) is 16.6 Å². The molecule has 0 unspecified atom stereocenters. The third-order valence-corrected chi connectivity index (χ3v) is 3.80. The zero-order valence-electron chi connectivity index (χ0n) is 12.9. The van der Waals surface area contributed by atoms with E-state index < -0.39 is 23.2 Å². The van der Waals surface area contributed by atoms with E-state index in [9.17, 15) is 18.4 Å². The van der Waals surface area contributed by atoms with Crippen molar-refractivity contribution in [2.45, 2.75) is 6.92 Å². The molecule has 0 fully saturated rings. The molecule has 2 aromatic carbocycles. The number of anilines is 1. The van der Waals surface area contributed by atoms with E-state index in [1.165, 1.54) is 11.0 Å². The highest BCUT2D eigenvalue weighted by Gasteiger charge is 2.19. The molecule has 0 spiro atoms. The first kappa shape index (κ1) is 18.1. The van der Waals surface area contributed by atoms with Gasteiger partial charge in [-0.3, -0.25) is 9.59 Å². The lowest BCUT2D eigenvalue weighted by molar-refractivity contribution is -0.116. The van der Waals surface area contributed by atoms with E-state index >= 15 is 0 Å². The second-order valence-electron chi connectivity index (χ2n) is 4.97. The van der Waals surface area contributed by atoms with Crippen molar-refractivity contribution in [3.63, 3.8) is 0 Å². The van der Waals surface area contributed by atoms with E-state index in [2.05, 4.69) is 21.2 Å². The van der Waals surface area contributed by atoms with Gasteiger partial charge in [0.05, 0.1) is 0 Å². The van der Waals surface area contributed by atoms with E-state index in [-0.39, 0.29) is 19.0 Å². The molecule has 0 atom stereocenters. The van der Waals surface area contributed by atoms with Gasteiger partial charge in [-0.25, -0.2) is 8.78 Å². The number of hydrogen-bond donors (Lipinski definition) is 1. The summed E-state index contributed by atoms with van der Waals surface area (Å²) in [6, 6.07) is 10.0. The molecule has 4 nitrogen and oxygen atoms in total. The fraction of sp³-hybridized carbons (Fsp3) is 0.176. The van der Waals surface area contributed by atoms with Crippen molar-refractivity contribution >= 4 is 33.4 Å². The van der Waals surface area contributed by atoms with Crippen LogP contribution in [0.15, 0.2) is 46.9 Å². The number of halogens is 3. The molecule has 24 heavy (non-hydrogen) atoms. The number of amides is 2.